The number of hydrogen-bond acceptors (Lipinski definition) is 6. The lowest BCUT2D eigenvalue weighted by atomic mass is 9.92. The van der Waals surface area contributed by atoms with Gasteiger partial charge in [-0.25, -0.2) is 4.79 Å². The van der Waals surface area contributed by atoms with E-state index in [-0.39, 0.29) is 24.1 Å². The fourth-order valence-corrected chi connectivity index (χ4v) is 3.80. The summed E-state index contributed by atoms with van der Waals surface area (Å²) >= 11 is 0. The SMILES string of the molecule is Cn1nc(C2CCC(=O)NC2=O)c2cccc(NC(=O)CCCCNC(=O)OC(C)(C)C)c21. The maximum atomic E-state index is 12.5. The van der Waals surface area contributed by atoms with Crippen molar-refractivity contribution < 1.29 is 23.9 Å². The number of aryl methyl sites for hydroxylation is 1. The van der Waals surface area contributed by atoms with E-state index in [1.54, 1.807) is 44.6 Å². The number of nitrogens with zero attached hydrogens (tertiary/aromatic N) is 2. The van der Waals surface area contributed by atoms with Crippen molar-refractivity contribution in [3.63, 3.8) is 0 Å². The fourth-order valence-electron chi connectivity index (χ4n) is 3.80. The molecule has 1 saturated heterocycles. The summed E-state index contributed by atoms with van der Waals surface area (Å²) in [6, 6.07) is 5.46. The van der Waals surface area contributed by atoms with E-state index in [2.05, 4.69) is 21.0 Å². The first-order valence-electron chi connectivity index (χ1n) is 11.1. The summed E-state index contributed by atoms with van der Waals surface area (Å²) in [6.07, 6.45) is 1.75. The molecule has 1 aromatic heterocycles. The van der Waals surface area contributed by atoms with Gasteiger partial charge in [-0.3, -0.25) is 24.4 Å². The number of piperidine rings is 1. The van der Waals surface area contributed by atoms with Gasteiger partial charge in [-0.05, 0) is 46.1 Å². The zero-order valence-electron chi connectivity index (χ0n) is 19.5. The fraction of sp³-hybridized carbons (Fsp3) is 0.522. The number of benzene rings is 1. The van der Waals surface area contributed by atoms with Crippen LogP contribution in [0.4, 0.5) is 10.5 Å². The Morgan fingerprint density at radius 2 is 2.00 bits per heavy atom. The monoisotopic (exact) mass is 457 g/mol. The molecule has 1 fully saturated rings. The van der Waals surface area contributed by atoms with Crippen molar-refractivity contribution in [3.05, 3.63) is 23.9 Å². The molecule has 4 amide bonds. The zero-order valence-corrected chi connectivity index (χ0v) is 19.5. The van der Waals surface area contributed by atoms with Crippen LogP contribution < -0.4 is 16.0 Å². The molecule has 0 aliphatic carbocycles. The topological polar surface area (TPSA) is 131 Å². The molecule has 0 radical (unpaired) electrons. The molecule has 33 heavy (non-hydrogen) atoms. The second-order valence-electron chi connectivity index (χ2n) is 9.15. The number of amides is 4. The molecule has 0 bridgehead atoms. The second kappa shape index (κ2) is 10.0. The van der Waals surface area contributed by atoms with Crippen molar-refractivity contribution in [1.82, 2.24) is 20.4 Å². The van der Waals surface area contributed by atoms with Gasteiger partial charge in [-0.1, -0.05) is 12.1 Å². The summed E-state index contributed by atoms with van der Waals surface area (Å²) in [6.45, 7) is 5.82. The first kappa shape index (κ1) is 24.2. The van der Waals surface area contributed by atoms with E-state index in [9.17, 15) is 19.2 Å². The highest BCUT2D eigenvalue weighted by molar-refractivity contribution is 6.05. The molecule has 1 aliphatic rings. The number of rotatable bonds is 7. The summed E-state index contributed by atoms with van der Waals surface area (Å²) < 4.78 is 6.82. The lowest BCUT2D eigenvalue weighted by Crippen LogP contribution is -2.39. The third kappa shape index (κ3) is 6.30. The Bertz CT molecular complexity index is 1070. The number of imide groups is 1. The smallest absolute Gasteiger partial charge is 0.407 e. The number of unbranched alkanes of at least 4 members (excludes halogenated alkanes) is 1. The van der Waals surface area contributed by atoms with Crippen LogP contribution in [-0.2, 0) is 26.2 Å². The van der Waals surface area contributed by atoms with Crippen molar-refractivity contribution in [1.29, 1.82) is 0 Å². The number of nitrogens with one attached hydrogen (secondary N) is 3. The van der Waals surface area contributed by atoms with E-state index in [0.29, 0.717) is 43.6 Å². The van der Waals surface area contributed by atoms with Gasteiger partial charge < -0.3 is 15.4 Å². The molecule has 0 saturated carbocycles. The van der Waals surface area contributed by atoms with Gasteiger partial charge in [-0.2, -0.15) is 5.10 Å². The number of carbonyl (C=O) groups excluding carboxylic acids is 4. The third-order valence-electron chi connectivity index (χ3n) is 5.24. The number of anilines is 1. The summed E-state index contributed by atoms with van der Waals surface area (Å²) in [5.41, 5.74) is 1.38. The van der Waals surface area contributed by atoms with Crippen molar-refractivity contribution >= 4 is 40.4 Å². The average Bonchev–Trinajstić information content (AvgIpc) is 3.04. The van der Waals surface area contributed by atoms with Gasteiger partial charge in [-0.15, -0.1) is 0 Å². The van der Waals surface area contributed by atoms with Crippen LogP contribution in [0, 0.1) is 0 Å². The second-order valence-corrected chi connectivity index (χ2v) is 9.15. The van der Waals surface area contributed by atoms with E-state index in [4.69, 9.17) is 4.74 Å². The van der Waals surface area contributed by atoms with Gasteiger partial charge in [0.1, 0.15) is 5.60 Å². The van der Waals surface area contributed by atoms with E-state index < -0.39 is 17.6 Å². The lowest BCUT2D eigenvalue weighted by Gasteiger charge is -2.19. The Hall–Kier alpha value is -3.43. The van der Waals surface area contributed by atoms with Crippen LogP contribution in [0.15, 0.2) is 18.2 Å². The molecule has 1 aromatic carbocycles. The van der Waals surface area contributed by atoms with E-state index >= 15 is 0 Å². The van der Waals surface area contributed by atoms with Crippen molar-refractivity contribution in [2.24, 2.45) is 7.05 Å². The minimum absolute atomic E-state index is 0.150. The lowest BCUT2D eigenvalue weighted by molar-refractivity contribution is -0.134. The molecule has 1 unspecified atom stereocenters. The van der Waals surface area contributed by atoms with Crippen LogP contribution in [-0.4, -0.2) is 45.7 Å². The molecule has 3 N–H and O–H groups in total. The molecule has 10 nitrogen and oxygen atoms in total. The van der Waals surface area contributed by atoms with Gasteiger partial charge in [0.25, 0.3) is 0 Å². The number of para-hydroxylation sites is 1. The number of aromatic nitrogens is 2. The van der Waals surface area contributed by atoms with Gasteiger partial charge >= 0.3 is 6.09 Å². The van der Waals surface area contributed by atoms with Crippen LogP contribution in [0.25, 0.3) is 10.9 Å². The van der Waals surface area contributed by atoms with Gasteiger partial charge in [0.15, 0.2) is 0 Å². The van der Waals surface area contributed by atoms with Crippen molar-refractivity contribution in [2.75, 3.05) is 11.9 Å². The molecule has 2 aromatic rings. The Morgan fingerprint density at radius 3 is 2.70 bits per heavy atom. The Labute approximate surface area is 192 Å². The quantitative estimate of drug-likeness (QED) is 0.433. The first-order valence-corrected chi connectivity index (χ1v) is 11.1. The summed E-state index contributed by atoms with van der Waals surface area (Å²) in [4.78, 5) is 47.9. The molecule has 0 spiro atoms. The zero-order chi connectivity index (χ0) is 24.2. The van der Waals surface area contributed by atoms with Crippen LogP contribution >= 0.6 is 0 Å². The Morgan fingerprint density at radius 1 is 1.24 bits per heavy atom. The highest BCUT2D eigenvalue weighted by atomic mass is 16.6. The maximum Gasteiger partial charge on any atom is 0.407 e. The predicted octanol–water partition coefficient (Wildman–Crippen LogP) is 2.73. The molecular weight excluding hydrogens is 426 g/mol. The number of carbonyl (C=O) groups is 4. The maximum absolute atomic E-state index is 12.5. The molecule has 1 atom stereocenters. The Kier molecular flexibility index (Phi) is 7.35. The highest BCUT2D eigenvalue weighted by Gasteiger charge is 2.32. The van der Waals surface area contributed by atoms with Crippen molar-refractivity contribution in [3.8, 4) is 0 Å². The number of fused-ring (bicyclic) bond motifs is 1. The summed E-state index contributed by atoms with van der Waals surface area (Å²) in [5, 5.41) is 13.3. The molecule has 10 heteroatoms. The highest BCUT2D eigenvalue weighted by Crippen LogP contribution is 2.33. The molecule has 3 rings (SSSR count). The molecular formula is C23H31N5O5. The predicted molar refractivity (Wildman–Crippen MR) is 123 cm³/mol. The first-order chi connectivity index (χ1) is 15.5. The summed E-state index contributed by atoms with van der Waals surface area (Å²) in [5.74, 6) is -1.27. The number of alkyl carbamates (subject to hydrolysis) is 1. The van der Waals surface area contributed by atoms with E-state index in [1.807, 2.05) is 6.07 Å². The van der Waals surface area contributed by atoms with Crippen LogP contribution in [0.2, 0.25) is 0 Å². The standard InChI is InChI=1S/C23H31N5O5/c1-23(2,3)33-22(32)24-13-6-5-10-17(29)25-16-9-7-8-14-19(27-28(4)20(14)16)15-11-12-18(30)26-21(15)31/h7-9,15H,5-6,10-13H2,1-4H3,(H,24,32)(H,25,29)(H,26,30,31). The molecule has 1 aliphatic heterocycles. The third-order valence-corrected chi connectivity index (χ3v) is 5.24. The normalized spacial score (nSPS) is 16.4. The van der Waals surface area contributed by atoms with E-state index in [0.717, 1.165) is 10.9 Å². The number of ether oxygens (including phenoxy) is 1. The van der Waals surface area contributed by atoms with Gasteiger partial charge in [0.05, 0.1) is 22.8 Å². The molecule has 2 heterocycles. The van der Waals surface area contributed by atoms with Gasteiger partial charge in [0.2, 0.25) is 17.7 Å². The van der Waals surface area contributed by atoms with E-state index in [1.165, 1.54) is 0 Å². The van der Waals surface area contributed by atoms with Crippen LogP contribution in [0.1, 0.15) is 64.5 Å². The van der Waals surface area contributed by atoms with Gasteiger partial charge in [0, 0.05) is 31.8 Å². The number of hydrogen-bond donors (Lipinski definition) is 3. The molecule has 178 valence electrons. The average molecular weight is 458 g/mol. The van der Waals surface area contributed by atoms with Crippen LogP contribution in [0.3, 0.4) is 0 Å². The van der Waals surface area contributed by atoms with Crippen LogP contribution in [0.5, 0.6) is 0 Å². The van der Waals surface area contributed by atoms with Crippen molar-refractivity contribution in [2.45, 2.75) is 64.4 Å². The summed E-state index contributed by atoms with van der Waals surface area (Å²) in [7, 11) is 1.76. The minimum Gasteiger partial charge on any atom is -0.444 e. The minimum atomic E-state index is -0.547. The Balaban J connectivity index is 1.58. The largest absolute Gasteiger partial charge is 0.444 e.